The van der Waals surface area contributed by atoms with Gasteiger partial charge in [-0.1, -0.05) is 6.07 Å². The summed E-state index contributed by atoms with van der Waals surface area (Å²) in [6.07, 6.45) is 5.72. The van der Waals surface area contributed by atoms with E-state index in [2.05, 4.69) is 25.3 Å². The molecule has 0 spiro atoms. The van der Waals surface area contributed by atoms with Crippen LogP contribution >= 0.6 is 0 Å². The number of hydrogen-bond acceptors (Lipinski definition) is 10. The Morgan fingerprint density at radius 2 is 1.92 bits per heavy atom. The fraction of sp³-hybridized carbons (Fsp3) is 0.346. The highest BCUT2D eigenvalue weighted by Crippen LogP contribution is 2.39. The summed E-state index contributed by atoms with van der Waals surface area (Å²) in [5.74, 6) is 1.93. The van der Waals surface area contributed by atoms with Gasteiger partial charge >= 0.3 is 0 Å². The third kappa shape index (κ3) is 5.02. The average molecular weight is 519 g/mol. The van der Waals surface area contributed by atoms with Gasteiger partial charge in [-0.3, -0.25) is 10.1 Å². The second-order valence-corrected chi connectivity index (χ2v) is 9.08. The lowest BCUT2D eigenvalue weighted by atomic mass is 10.2. The molecule has 0 saturated carbocycles. The van der Waals surface area contributed by atoms with Gasteiger partial charge in [0.25, 0.3) is 5.69 Å². The molecule has 0 aliphatic carbocycles. The summed E-state index contributed by atoms with van der Waals surface area (Å²) in [5, 5.41) is 20.4. The number of rotatable bonds is 10. The van der Waals surface area contributed by atoms with Crippen molar-refractivity contribution in [1.82, 2.24) is 24.6 Å². The van der Waals surface area contributed by atoms with Crippen LogP contribution < -0.4 is 19.7 Å². The Morgan fingerprint density at radius 3 is 2.66 bits per heavy atom. The molecule has 2 aromatic heterocycles. The molecule has 12 nitrogen and oxygen atoms in total. The van der Waals surface area contributed by atoms with Crippen LogP contribution in [-0.4, -0.2) is 77.0 Å². The minimum absolute atomic E-state index is 0.0291. The minimum atomic E-state index is -0.382. The molecule has 38 heavy (non-hydrogen) atoms. The zero-order valence-electron chi connectivity index (χ0n) is 21.6. The van der Waals surface area contributed by atoms with Crippen molar-refractivity contribution < 1.29 is 14.4 Å². The lowest BCUT2D eigenvalue weighted by Crippen LogP contribution is -2.31. The van der Waals surface area contributed by atoms with Gasteiger partial charge in [0.1, 0.15) is 17.2 Å². The molecule has 3 heterocycles. The zero-order chi connectivity index (χ0) is 26.6. The number of hydrogen-bond donors (Lipinski definition) is 1. The van der Waals surface area contributed by atoms with Gasteiger partial charge in [0.2, 0.25) is 5.95 Å². The fourth-order valence-corrected chi connectivity index (χ4v) is 4.73. The maximum atomic E-state index is 12.0. The molecule has 1 N–H and O–H groups in total. The molecule has 4 aromatic rings. The van der Waals surface area contributed by atoms with E-state index in [4.69, 9.17) is 9.47 Å². The number of anilines is 3. The Hall–Kier alpha value is -4.45. The second kappa shape index (κ2) is 10.9. The van der Waals surface area contributed by atoms with Crippen LogP contribution in [0.1, 0.15) is 12.8 Å². The van der Waals surface area contributed by atoms with Crippen LogP contribution in [0.5, 0.6) is 11.5 Å². The normalized spacial score (nSPS) is 13.6. The Bertz CT molecular complexity index is 1450. The maximum Gasteiger partial charge on any atom is 0.294 e. The van der Waals surface area contributed by atoms with Gasteiger partial charge in [0.05, 0.1) is 41.9 Å². The summed E-state index contributed by atoms with van der Waals surface area (Å²) in [7, 11) is 5.00. The van der Waals surface area contributed by atoms with Gasteiger partial charge in [-0.15, -0.1) is 0 Å². The van der Waals surface area contributed by atoms with Crippen molar-refractivity contribution in [2.24, 2.45) is 0 Å². The average Bonchev–Trinajstić information content (AvgIpc) is 3.61. The van der Waals surface area contributed by atoms with Crippen molar-refractivity contribution in [2.75, 3.05) is 57.7 Å². The largest absolute Gasteiger partial charge is 0.496 e. The second-order valence-electron chi connectivity index (χ2n) is 9.08. The van der Waals surface area contributed by atoms with Crippen molar-refractivity contribution in [1.29, 1.82) is 0 Å². The lowest BCUT2D eigenvalue weighted by Gasteiger charge is -2.24. The Kier molecular flexibility index (Phi) is 7.22. The van der Waals surface area contributed by atoms with Crippen LogP contribution in [-0.2, 0) is 0 Å². The van der Waals surface area contributed by atoms with Gasteiger partial charge < -0.3 is 24.6 Å². The first kappa shape index (κ1) is 25.2. The quantitative estimate of drug-likeness (QED) is 0.243. The van der Waals surface area contributed by atoms with Crippen molar-refractivity contribution in [2.45, 2.75) is 12.8 Å². The molecule has 1 fully saturated rings. The molecule has 5 rings (SSSR count). The van der Waals surface area contributed by atoms with Gasteiger partial charge in [-0.05, 0) is 38.1 Å². The van der Waals surface area contributed by atoms with Crippen LogP contribution in [0.3, 0.4) is 0 Å². The Labute approximate surface area is 220 Å². The number of nitro benzene ring substituents is 1. The van der Waals surface area contributed by atoms with Crippen molar-refractivity contribution in [3.63, 3.8) is 0 Å². The maximum absolute atomic E-state index is 12.0. The first-order valence-corrected chi connectivity index (χ1v) is 12.4. The predicted molar refractivity (Wildman–Crippen MR) is 145 cm³/mol. The van der Waals surface area contributed by atoms with E-state index in [1.165, 1.54) is 26.0 Å². The third-order valence-corrected chi connectivity index (χ3v) is 6.75. The molecule has 1 aliphatic rings. The molecule has 198 valence electrons. The van der Waals surface area contributed by atoms with E-state index in [0.29, 0.717) is 35.2 Å². The lowest BCUT2D eigenvalue weighted by molar-refractivity contribution is -0.384. The number of likely N-dealkylation sites (N-methyl/N-ethyl adjacent to an activating group) is 1. The van der Waals surface area contributed by atoms with Gasteiger partial charge in [-0.2, -0.15) is 10.1 Å². The molecule has 0 unspecified atom stereocenters. The highest BCUT2D eigenvalue weighted by Gasteiger charge is 2.23. The number of methoxy groups -OCH3 is 2. The highest BCUT2D eigenvalue weighted by atomic mass is 16.6. The highest BCUT2D eigenvalue weighted by molar-refractivity contribution is 5.86. The number of nitro groups is 1. The van der Waals surface area contributed by atoms with Crippen LogP contribution in [0.25, 0.3) is 16.7 Å². The van der Waals surface area contributed by atoms with Gasteiger partial charge in [0, 0.05) is 44.5 Å². The standard InChI is InChI=1S/C26H30N8O4/c1-31(13-14-32-11-4-5-12-32)21-16-24(38-3)19(15-22(21)34(35)36)29-26-27-10-9-25(30-26)33-20-7-6-8-23(37-2)18(20)17-28-33/h6-10,15-17H,4-5,11-14H2,1-3H3,(H,27,29,30). The van der Waals surface area contributed by atoms with Crippen LogP contribution in [0.15, 0.2) is 48.8 Å². The van der Waals surface area contributed by atoms with E-state index in [9.17, 15) is 10.1 Å². The SMILES string of the molecule is COc1cc(N(C)CCN2CCCC2)c([N+](=O)[O-])cc1Nc1nccc(-n2ncc3c(OC)cccc32)n1. The Morgan fingerprint density at radius 1 is 1.13 bits per heavy atom. The summed E-state index contributed by atoms with van der Waals surface area (Å²) in [4.78, 5) is 24.8. The Balaban J connectivity index is 1.43. The molecule has 2 aromatic carbocycles. The molecule has 0 bridgehead atoms. The molecule has 0 radical (unpaired) electrons. The number of benzene rings is 2. The fourth-order valence-electron chi connectivity index (χ4n) is 4.73. The summed E-state index contributed by atoms with van der Waals surface area (Å²) in [6, 6.07) is 10.5. The topological polar surface area (TPSA) is 124 Å². The molecule has 12 heteroatoms. The molecular formula is C26H30N8O4. The predicted octanol–water partition coefficient (Wildman–Crippen LogP) is 4.02. The minimum Gasteiger partial charge on any atom is -0.496 e. The number of fused-ring (bicyclic) bond motifs is 1. The first-order chi connectivity index (χ1) is 18.5. The summed E-state index contributed by atoms with van der Waals surface area (Å²) < 4.78 is 12.7. The number of nitrogens with zero attached hydrogens (tertiary/aromatic N) is 7. The van der Waals surface area contributed by atoms with E-state index in [1.807, 2.05) is 30.1 Å². The van der Waals surface area contributed by atoms with Crippen LogP contribution in [0.2, 0.25) is 0 Å². The van der Waals surface area contributed by atoms with Crippen LogP contribution in [0, 0.1) is 10.1 Å². The zero-order valence-corrected chi connectivity index (χ0v) is 21.6. The molecule has 1 saturated heterocycles. The summed E-state index contributed by atoms with van der Waals surface area (Å²) >= 11 is 0. The van der Waals surface area contributed by atoms with E-state index >= 15 is 0 Å². The van der Waals surface area contributed by atoms with E-state index in [1.54, 1.807) is 36.3 Å². The summed E-state index contributed by atoms with van der Waals surface area (Å²) in [6.45, 7) is 3.67. The van der Waals surface area contributed by atoms with Crippen molar-refractivity contribution in [3.8, 4) is 17.3 Å². The van der Waals surface area contributed by atoms with E-state index in [0.717, 1.165) is 30.5 Å². The van der Waals surface area contributed by atoms with Crippen molar-refractivity contribution in [3.05, 3.63) is 58.9 Å². The van der Waals surface area contributed by atoms with Gasteiger partial charge in [-0.25, -0.2) is 9.67 Å². The monoisotopic (exact) mass is 518 g/mol. The summed E-state index contributed by atoms with van der Waals surface area (Å²) in [5.41, 5.74) is 1.67. The third-order valence-electron chi connectivity index (χ3n) is 6.75. The molecular weight excluding hydrogens is 488 g/mol. The number of likely N-dealkylation sites (tertiary alicyclic amines) is 1. The van der Waals surface area contributed by atoms with Crippen LogP contribution in [0.4, 0.5) is 23.0 Å². The molecule has 1 aliphatic heterocycles. The molecule has 0 atom stereocenters. The van der Waals surface area contributed by atoms with Gasteiger partial charge in [0.15, 0.2) is 5.82 Å². The van der Waals surface area contributed by atoms with E-state index in [-0.39, 0.29) is 16.6 Å². The number of nitrogens with one attached hydrogen (secondary N) is 1. The first-order valence-electron chi connectivity index (χ1n) is 12.4. The van der Waals surface area contributed by atoms with Crippen molar-refractivity contribution >= 4 is 33.9 Å². The number of aromatic nitrogens is 4. The smallest absolute Gasteiger partial charge is 0.294 e. The molecule has 0 amide bonds. The van der Waals surface area contributed by atoms with E-state index < -0.39 is 0 Å². The number of ether oxygens (including phenoxy) is 2.